The molecule has 1 aromatic rings. The number of nitrogens with zero attached hydrogens (tertiary/aromatic N) is 2. The smallest absolute Gasteiger partial charge is 0.0620 e. The Hall–Kier alpha value is -0.960. The summed E-state index contributed by atoms with van der Waals surface area (Å²) in [7, 11) is 0. The summed E-state index contributed by atoms with van der Waals surface area (Å²) in [6.45, 7) is 5.54. The fraction of sp³-hybridized carbons (Fsp3) is 0.733. The van der Waals surface area contributed by atoms with Crippen LogP contribution in [0.3, 0.4) is 0 Å². The van der Waals surface area contributed by atoms with E-state index in [9.17, 15) is 0 Å². The van der Waals surface area contributed by atoms with Crippen molar-refractivity contribution in [2.24, 2.45) is 5.92 Å². The predicted molar refractivity (Wildman–Crippen MR) is 74.5 cm³/mol. The van der Waals surface area contributed by atoms with Gasteiger partial charge in [0.15, 0.2) is 0 Å². The summed E-state index contributed by atoms with van der Waals surface area (Å²) in [5.41, 5.74) is 1.19. The van der Waals surface area contributed by atoms with Crippen LogP contribution < -0.4 is 5.32 Å². The highest BCUT2D eigenvalue weighted by atomic mass is 14.9. The molecule has 100 valence electrons. The Balaban J connectivity index is 2.07. The zero-order valence-electron chi connectivity index (χ0n) is 11.6. The van der Waals surface area contributed by atoms with Gasteiger partial charge in [-0.25, -0.2) is 0 Å². The lowest BCUT2D eigenvalue weighted by Crippen LogP contribution is -2.31. The molecular formula is C15H25N3. The minimum absolute atomic E-state index is 0.566. The van der Waals surface area contributed by atoms with E-state index in [1.54, 1.807) is 6.20 Å². The van der Waals surface area contributed by atoms with Crippen LogP contribution in [0.4, 0.5) is 0 Å². The third-order valence-corrected chi connectivity index (χ3v) is 3.91. The topological polar surface area (TPSA) is 37.8 Å². The van der Waals surface area contributed by atoms with Gasteiger partial charge in [-0.15, -0.1) is 0 Å². The highest BCUT2D eigenvalue weighted by Crippen LogP contribution is 2.35. The molecule has 0 aliphatic heterocycles. The van der Waals surface area contributed by atoms with Crippen LogP contribution in [0.15, 0.2) is 18.6 Å². The molecule has 0 spiro atoms. The second kappa shape index (κ2) is 6.83. The van der Waals surface area contributed by atoms with E-state index in [-0.39, 0.29) is 0 Å². The second-order valence-corrected chi connectivity index (χ2v) is 5.70. The number of rotatable bonds is 4. The maximum absolute atomic E-state index is 4.53. The summed E-state index contributed by atoms with van der Waals surface area (Å²) < 4.78 is 0. The van der Waals surface area contributed by atoms with Crippen LogP contribution in [0, 0.1) is 5.92 Å². The normalized spacial score (nSPS) is 25.1. The molecule has 0 saturated heterocycles. The van der Waals surface area contributed by atoms with Gasteiger partial charge in [-0.1, -0.05) is 33.1 Å². The first-order valence-electron chi connectivity index (χ1n) is 7.26. The van der Waals surface area contributed by atoms with Crippen molar-refractivity contribution in [3.8, 4) is 0 Å². The highest BCUT2D eigenvalue weighted by Gasteiger charge is 2.26. The van der Waals surface area contributed by atoms with Gasteiger partial charge in [-0.05, 0) is 25.3 Å². The van der Waals surface area contributed by atoms with Crippen molar-refractivity contribution < 1.29 is 0 Å². The molecule has 2 unspecified atom stereocenters. The van der Waals surface area contributed by atoms with E-state index in [1.165, 1.54) is 37.8 Å². The van der Waals surface area contributed by atoms with Gasteiger partial charge in [0.05, 0.1) is 5.69 Å². The van der Waals surface area contributed by atoms with E-state index < -0.39 is 0 Å². The van der Waals surface area contributed by atoms with Gasteiger partial charge in [0.2, 0.25) is 0 Å². The first kappa shape index (κ1) is 13.5. The maximum Gasteiger partial charge on any atom is 0.0620 e. The fourth-order valence-corrected chi connectivity index (χ4v) is 2.91. The molecule has 1 aliphatic rings. The lowest BCUT2D eigenvalue weighted by Gasteiger charge is -2.25. The van der Waals surface area contributed by atoms with Crippen molar-refractivity contribution in [1.29, 1.82) is 0 Å². The summed E-state index contributed by atoms with van der Waals surface area (Å²) in [4.78, 5) is 8.77. The van der Waals surface area contributed by atoms with Gasteiger partial charge < -0.3 is 5.32 Å². The van der Waals surface area contributed by atoms with Crippen molar-refractivity contribution in [1.82, 2.24) is 15.3 Å². The van der Waals surface area contributed by atoms with Crippen molar-refractivity contribution in [2.45, 2.75) is 57.9 Å². The zero-order chi connectivity index (χ0) is 12.8. The monoisotopic (exact) mass is 247 g/mol. The van der Waals surface area contributed by atoms with Gasteiger partial charge in [-0.3, -0.25) is 9.97 Å². The Labute approximate surface area is 110 Å². The average molecular weight is 247 g/mol. The summed E-state index contributed by atoms with van der Waals surface area (Å²) >= 11 is 0. The molecule has 0 aromatic carbocycles. The minimum Gasteiger partial charge on any atom is -0.314 e. The molecular weight excluding hydrogens is 222 g/mol. The van der Waals surface area contributed by atoms with Gasteiger partial charge in [0, 0.05) is 30.6 Å². The Morgan fingerprint density at radius 3 is 2.78 bits per heavy atom. The predicted octanol–water partition coefficient (Wildman–Crippen LogP) is 3.14. The van der Waals surface area contributed by atoms with Crippen LogP contribution in [0.2, 0.25) is 0 Å². The molecule has 1 aliphatic carbocycles. The van der Waals surface area contributed by atoms with Crippen molar-refractivity contribution in [3.63, 3.8) is 0 Å². The molecule has 3 nitrogen and oxygen atoms in total. The largest absolute Gasteiger partial charge is 0.314 e. The molecule has 1 heterocycles. The average Bonchev–Trinajstić information content (AvgIpc) is 2.62. The quantitative estimate of drug-likeness (QED) is 0.831. The molecule has 3 heteroatoms. The molecule has 2 rings (SSSR count). The van der Waals surface area contributed by atoms with E-state index in [0.717, 1.165) is 6.54 Å². The number of hydrogen-bond donors (Lipinski definition) is 1. The number of nitrogens with one attached hydrogen (secondary N) is 1. The lowest BCUT2D eigenvalue weighted by molar-refractivity contribution is 0.357. The van der Waals surface area contributed by atoms with Crippen LogP contribution in [0.5, 0.6) is 0 Å². The Morgan fingerprint density at radius 1 is 1.22 bits per heavy atom. The minimum atomic E-state index is 0.566. The summed E-state index contributed by atoms with van der Waals surface area (Å²) in [6.07, 6.45) is 12.2. The summed E-state index contributed by atoms with van der Waals surface area (Å²) in [5.74, 6) is 1.30. The molecule has 0 bridgehead atoms. The van der Waals surface area contributed by atoms with E-state index in [4.69, 9.17) is 0 Å². The van der Waals surface area contributed by atoms with E-state index in [2.05, 4.69) is 29.1 Å². The molecule has 1 aromatic heterocycles. The highest BCUT2D eigenvalue weighted by molar-refractivity contribution is 5.06. The third-order valence-electron chi connectivity index (χ3n) is 3.91. The molecule has 0 amide bonds. The van der Waals surface area contributed by atoms with E-state index in [1.807, 2.05) is 12.4 Å². The Kier molecular flexibility index (Phi) is 5.12. The van der Waals surface area contributed by atoms with Crippen LogP contribution >= 0.6 is 0 Å². The van der Waals surface area contributed by atoms with Crippen LogP contribution in [-0.2, 0) is 0 Å². The van der Waals surface area contributed by atoms with Gasteiger partial charge in [0.25, 0.3) is 0 Å². The zero-order valence-corrected chi connectivity index (χ0v) is 11.6. The number of aromatic nitrogens is 2. The summed E-state index contributed by atoms with van der Waals surface area (Å²) in [5, 5.41) is 3.59. The SMILES string of the molecule is CC(C)NCC1CCCCCC1c1cnccn1. The standard InChI is InChI=1S/C15H25N3/c1-12(2)18-10-13-6-4-3-5-7-14(13)15-11-16-8-9-17-15/h8-9,11-14,18H,3-7,10H2,1-2H3. The van der Waals surface area contributed by atoms with Gasteiger partial charge in [0.1, 0.15) is 0 Å². The summed E-state index contributed by atoms with van der Waals surface area (Å²) in [6, 6.07) is 0.566. The molecule has 1 fully saturated rings. The van der Waals surface area contributed by atoms with Crippen LogP contribution in [0.25, 0.3) is 0 Å². The van der Waals surface area contributed by atoms with Crippen molar-refractivity contribution in [2.75, 3.05) is 6.54 Å². The van der Waals surface area contributed by atoms with Crippen molar-refractivity contribution in [3.05, 3.63) is 24.3 Å². The van der Waals surface area contributed by atoms with Gasteiger partial charge in [-0.2, -0.15) is 0 Å². The van der Waals surface area contributed by atoms with Crippen molar-refractivity contribution >= 4 is 0 Å². The Morgan fingerprint density at radius 2 is 2.06 bits per heavy atom. The molecule has 18 heavy (non-hydrogen) atoms. The third kappa shape index (κ3) is 3.77. The molecule has 2 atom stereocenters. The van der Waals surface area contributed by atoms with Gasteiger partial charge >= 0.3 is 0 Å². The first-order valence-corrected chi connectivity index (χ1v) is 7.26. The van der Waals surface area contributed by atoms with Crippen LogP contribution in [0.1, 0.15) is 57.6 Å². The maximum atomic E-state index is 4.53. The Bertz CT molecular complexity index is 337. The van der Waals surface area contributed by atoms with Crippen LogP contribution in [-0.4, -0.2) is 22.6 Å². The van der Waals surface area contributed by atoms with E-state index >= 15 is 0 Å². The molecule has 1 saturated carbocycles. The molecule has 0 radical (unpaired) electrons. The second-order valence-electron chi connectivity index (χ2n) is 5.70. The number of hydrogen-bond acceptors (Lipinski definition) is 3. The van der Waals surface area contributed by atoms with E-state index in [0.29, 0.717) is 17.9 Å². The fourth-order valence-electron chi connectivity index (χ4n) is 2.91. The molecule has 1 N–H and O–H groups in total. The lowest BCUT2D eigenvalue weighted by atomic mass is 9.85. The first-order chi connectivity index (χ1) is 8.77.